The molecule has 1 N–H and O–H groups in total. The van der Waals surface area contributed by atoms with Gasteiger partial charge in [-0.1, -0.05) is 0 Å². The van der Waals surface area contributed by atoms with Gasteiger partial charge in [-0.15, -0.1) is 0 Å². The molecule has 0 aromatic carbocycles. The molecule has 18 heavy (non-hydrogen) atoms. The van der Waals surface area contributed by atoms with Gasteiger partial charge < -0.3 is 10.1 Å². The summed E-state index contributed by atoms with van der Waals surface area (Å²) in [5.74, 6) is -0.336. The highest BCUT2D eigenvalue weighted by Crippen LogP contribution is 2.25. The Hall–Kier alpha value is -2.02. The summed E-state index contributed by atoms with van der Waals surface area (Å²) in [6.45, 7) is 2.52. The third kappa shape index (κ3) is 2.80. The van der Waals surface area contributed by atoms with E-state index in [2.05, 4.69) is 10.3 Å². The zero-order valence-corrected chi connectivity index (χ0v) is 9.83. The van der Waals surface area contributed by atoms with Crippen molar-refractivity contribution in [3.05, 3.63) is 34.1 Å². The predicted octanol–water partition coefficient (Wildman–Crippen LogP) is 0.897. The van der Waals surface area contributed by atoms with Crippen LogP contribution in [0.5, 0.6) is 0 Å². The molecule has 7 nitrogen and oxygen atoms in total. The second-order valence-electron chi connectivity index (χ2n) is 3.97. The quantitative estimate of drug-likeness (QED) is 0.619. The molecule has 2 unspecified atom stereocenters. The van der Waals surface area contributed by atoms with Crippen LogP contribution < -0.4 is 5.32 Å². The summed E-state index contributed by atoms with van der Waals surface area (Å²) in [7, 11) is 0. The van der Waals surface area contributed by atoms with E-state index in [4.69, 9.17) is 4.74 Å². The molecule has 0 spiro atoms. The van der Waals surface area contributed by atoms with Gasteiger partial charge in [-0.05, 0) is 19.4 Å². The van der Waals surface area contributed by atoms with Crippen LogP contribution >= 0.6 is 0 Å². The Morgan fingerprint density at radius 1 is 1.67 bits per heavy atom. The molecular weight excluding hydrogens is 238 g/mol. The lowest BCUT2D eigenvalue weighted by Gasteiger charge is -2.03. The lowest BCUT2D eigenvalue weighted by atomic mass is 10.3. The van der Waals surface area contributed by atoms with Gasteiger partial charge in [0.25, 0.3) is 11.6 Å². The number of hydrogen-bond donors (Lipinski definition) is 1. The molecule has 0 radical (unpaired) electrons. The van der Waals surface area contributed by atoms with E-state index in [0.717, 1.165) is 12.6 Å². The van der Waals surface area contributed by atoms with E-state index in [1.165, 1.54) is 12.1 Å². The maximum absolute atomic E-state index is 11.7. The summed E-state index contributed by atoms with van der Waals surface area (Å²) in [5, 5.41) is 13.2. The van der Waals surface area contributed by atoms with E-state index in [-0.39, 0.29) is 29.4 Å². The lowest BCUT2D eigenvalue weighted by Crippen LogP contribution is -2.29. The maximum Gasteiger partial charge on any atom is 0.287 e. The molecule has 2 rings (SSSR count). The summed E-state index contributed by atoms with van der Waals surface area (Å²) in [6.07, 6.45) is 1.95. The average molecular weight is 251 g/mol. The summed E-state index contributed by atoms with van der Waals surface area (Å²) < 4.78 is 5.33. The van der Waals surface area contributed by atoms with Crippen molar-refractivity contribution in [2.24, 2.45) is 0 Å². The van der Waals surface area contributed by atoms with Crippen LogP contribution in [0, 0.1) is 10.1 Å². The Morgan fingerprint density at radius 2 is 2.44 bits per heavy atom. The second kappa shape index (κ2) is 5.09. The first kappa shape index (κ1) is 12.4. The number of rotatable bonds is 5. The van der Waals surface area contributed by atoms with Gasteiger partial charge in [-0.3, -0.25) is 14.9 Å². The summed E-state index contributed by atoms with van der Waals surface area (Å²) in [6, 6.07) is 2.62. The largest absolute Gasteiger partial charge is 0.376 e. The van der Waals surface area contributed by atoms with E-state index in [0.29, 0.717) is 6.61 Å². The van der Waals surface area contributed by atoms with E-state index in [9.17, 15) is 14.9 Å². The molecule has 0 saturated heterocycles. The van der Waals surface area contributed by atoms with Crippen LogP contribution in [0.1, 0.15) is 23.8 Å². The number of pyridine rings is 1. The molecule has 96 valence electrons. The molecule has 1 aliphatic carbocycles. The van der Waals surface area contributed by atoms with Crippen molar-refractivity contribution in [3.63, 3.8) is 0 Å². The molecule has 2 atom stereocenters. The van der Waals surface area contributed by atoms with Gasteiger partial charge in [-0.2, -0.15) is 0 Å². The molecule has 1 saturated carbocycles. The number of nitrogens with one attached hydrogen (secondary N) is 1. The monoisotopic (exact) mass is 251 g/mol. The maximum atomic E-state index is 11.7. The normalized spacial score (nSPS) is 21.4. The van der Waals surface area contributed by atoms with Gasteiger partial charge in [0.2, 0.25) is 0 Å². The topological polar surface area (TPSA) is 94.4 Å². The minimum atomic E-state index is -0.555. The Morgan fingerprint density at radius 3 is 3.00 bits per heavy atom. The van der Waals surface area contributed by atoms with Gasteiger partial charge in [-0.25, -0.2) is 4.98 Å². The van der Waals surface area contributed by atoms with Crippen molar-refractivity contribution in [1.29, 1.82) is 0 Å². The number of nitro groups is 1. The van der Waals surface area contributed by atoms with E-state index in [1.54, 1.807) is 0 Å². The Balaban J connectivity index is 1.91. The molecule has 1 heterocycles. The van der Waals surface area contributed by atoms with Crippen molar-refractivity contribution >= 4 is 11.6 Å². The fourth-order valence-electron chi connectivity index (χ4n) is 1.59. The predicted molar refractivity (Wildman–Crippen MR) is 62.2 cm³/mol. The smallest absolute Gasteiger partial charge is 0.287 e. The average Bonchev–Trinajstić information content (AvgIpc) is 3.08. The van der Waals surface area contributed by atoms with Crippen LogP contribution in [0.15, 0.2) is 18.3 Å². The summed E-state index contributed by atoms with van der Waals surface area (Å²) in [4.78, 5) is 25.4. The molecule has 1 aliphatic rings. The van der Waals surface area contributed by atoms with Gasteiger partial charge in [0.15, 0.2) is 0 Å². The number of amides is 1. The third-order valence-corrected chi connectivity index (χ3v) is 2.62. The van der Waals surface area contributed by atoms with E-state index < -0.39 is 4.92 Å². The van der Waals surface area contributed by atoms with Crippen molar-refractivity contribution < 1.29 is 14.5 Å². The number of nitrogens with zero attached hydrogens (tertiary/aromatic N) is 2. The molecule has 1 aromatic heterocycles. The molecular formula is C11H13N3O4. The number of ether oxygens (including phenoxy) is 1. The van der Waals surface area contributed by atoms with E-state index >= 15 is 0 Å². The zero-order chi connectivity index (χ0) is 13.1. The van der Waals surface area contributed by atoms with Crippen molar-refractivity contribution in [2.75, 3.05) is 6.61 Å². The highest BCUT2D eigenvalue weighted by molar-refractivity contribution is 5.92. The van der Waals surface area contributed by atoms with Crippen LogP contribution in [-0.2, 0) is 4.74 Å². The number of hydrogen-bond acceptors (Lipinski definition) is 5. The number of carbonyl (C=O) groups is 1. The Kier molecular flexibility index (Phi) is 3.52. The zero-order valence-electron chi connectivity index (χ0n) is 9.83. The molecule has 7 heteroatoms. The van der Waals surface area contributed by atoms with Gasteiger partial charge in [0.05, 0.1) is 17.1 Å². The van der Waals surface area contributed by atoms with Gasteiger partial charge in [0, 0.05) is 12.7 Å². The molecule has 1 aromatic rings. The molecule has 1 amide bonds. The van der Waals surface area contributed by atoms with Crippen LogP contribution in [0.3, 0.4) is 0 Å². The number of aromatic nitrogens is 1. The van der Waals surface area contributed by atoms with Crippen LogP contribution in [0.25, 0.3) is 0 Å². The first-order chi connectivity index (χ1) is 8.61. The van der Waals surface area contributed by atoms with Crippen molar-refractivity contribution in [2.45, 2.75) is 25.5 Å². The molecule has 0 bridgehead atoms. The minimum Gasteiger partial charge on any atom is -0.376 e. The van der Waals surface area contributed by atoms with Crippen LogP contribution in [-0.4, -0.2) is 34.6 Å². The molecule has 0 aliphatic heterocycles. The van der Waals surface area contributed by atoms with Gasteiger partial charge in [0.1, 0.15) is 11.9 Å². The first-order valence-electron chi connectivity index (χ1n) is 5.64. The summed E-state index contributed by atoms with van der Waals surface area (Å²) >= 11 is 0. The second-order valence-corrected chi connectivity index (χ2v) is 3.97. The Labute approximate surface area is 103 Å². The summed E-state index contributed by atoms with van der Waals surface area (Å²) in [5.41, 5.74) is 0.0351. The number of carbonyl (C=O) groups excluding carboxylic acids is 1. The fraction of sp³-hybridized carbons (Fsp3) is 0.455. The van der Waals surface area contributed by atoms with Crippen LogP contribution in [0.2, 0.25) is 0 Å². The van der Waals surface area contributed by atoms with Gasteiger partial charge >= 0.3 is 0 Å². The first-order valence-corrected chi connectivity index (χ1v) is 5.64. The van der Waals surface area contributed by atoms with E-state index in [1.807, 2.05) is 6.92 Å². The van der Waals surface area contributed by atoms with Crippen molar-refractivity contribution in [3.8, 4) is 0 Å². The minimum absolute atomic E-state index is 0.0226. The standard InChI is InChI=1S/C11H13N3O4/c1-2-18-10-5-9(10)13-11(15)8-4-3-7(6-12-8)14(16)17/h3-4,6,9-10H,2,5H2,1H3,(H,13,15). The highest BCUT2D eigenvalue weighted by Gasteiger charge is 2.39. The SMILES string of the molecule is CCOC1CC1NC(=O)c1ccc([N+](=O)[O-])cn1. The van der Waals surface area contributed by atoms with Crippen molar-refractivity contribution in [1.82, 2.24) is 10.3 Å². The fourth-order valence-corrected chi connectivity index (χ4v) is 1.59. The van der Waals surface area contributed by atoms with Crippen LogP contribution in [0.4, 0.5) is 5.69 Å². The lowest BCUT2D eigenvalue weighted by molar-refractivity contribution is -0.385. The molecule has 1 fully saturated rings. The Bertz CT molecular complexity index is 460. The third-order valence-electron chi connectivity index (χ3n) is 2.62. The highest BCUT2D eigenvalue weighted by atomic mass is 16.6.